The van der Waals surface area contributed by atoms with E-state index >= 15 is 0 Å². The Morgan fingerprint density at radius 1 is 1.57 bits per heavy atom. The maximum Gasteiger partial charge on any atom is 0.246 e. The normalized spacial score (nSPS) is 18.2. The Morgan fingerprint density at radius 2 is 2.33 bits per heavy atom. The lowest BCUT2D eigenvalue weighted by atomic mass is 10.2. The minimum Gasteiger partial charge on any atom is -0.315 e. The minimum atomic E-state index is -3.68. The van der Waals surface area contributed by atoms with Crippen molar-refractivity contribution in [2.75, 3.05) is 19.6 Å². The quantitative estimate of drug-likeness (QED) is 0.874. The molecule has 1 aliphatic heterocycles. The van der Waals surface area contributed by atoms with Gasteiger partial charge >= 0.3 is 0 Å². The Bertz CT molecular complexity index is 609. The minimum absolute atomic E-state index is 0. The summed E-state index contributed by atoms with van der Waals surface area (Å²) in [5, 5.41) is 12.2. The maximum atomic E-state index is 12.8. The molecule has 2 rings (SSSR count). The third kappa shape index (κ3) is 3.71. The summed E-state index contributed by atoms with van der Waals surface area (Å²) < 4.78 is 27.1. The number of aromatic nitrogens is 1. The molecule has 0 bridgehead atoms. The number of sulfonamides is 1. The zero-order chi connectivity index (χ0) is 14.6. The number of nitrogens with zero attached hydrogens (tertiary/aromatic N) is 3. The Balaban J connectivity index is 0.00000220. The second-order valence-electron chi connectivity index (χ2n) is 4.72. The molecule has 0 aliphatic carbocycles. The zero-order valence-electron chi connectivity index (χ0n) is 11.8. The van der Waals surface area contributed by atoms with Crippen LogP contribution in [0.1, 0.15) is 25.5 Å². The molecule has 1 saturated heterocycles. The number of pyridine rings is 1. The van der Waals surface area contributed by atoms with Crippen LogP contribution in [0.5, 0.6) is 0 Å². The summed E-state index contributed by atoms with van der Waals surface area (Å²) in [6.45, 7) is 3.87. The molecular weight excluding hydrogens is 312 g/mol. The molecule has 21 heavy (non-hydrogen) atoms. The molecule has 2 heterocycles. The van der Waals surface area contributed by atoms with Crippen molar-refractivity contribution < 1.29 is 8.42 Å². The van der Waals surface area contributed by atoms with E-state index in [9.17, 15) is 8.42 Å². The summed E-state index contributed by atoms with van der Waals surface area (Å²) >= 11 is 0. The highest BCUT2D eigenvalue weighted by Gasteiger charge is 2.34. The van der Waals surface area contributed by atoms with Gasteiger partial charge in [-0.05, 0) is 31.5 Å². The first kappa shape index (κ1) is 17.9. The first-order valence-electron chi connectivity index (χ1n) is 6.69. The Hall–Kier alpha value is -1.20. The van der Waals surface area contributed by atoms with Gasteiger partial charge < -0.3 is 5.32 Å². The van der Waals surface area contributed by atoms with Gasteiger partial charge in [-0.25, -0.2) is 13.4 Å². The van der Waals surface area contributed by atoms with Gasteiger partial charge in [0.05, 0.1) is 0 Å². The van der Waals surface area contributed by atoms with Crippen molar-refractivity contribution in [2.45, 2.75) is 30.7 Å². The lowest BCUT2D eigenvalue weighted by Gasteiger charge is -2.27. The van der Waals surface area contributed by atoms with Gasteiger partial charge in [0.15, 0.2) is 5.69 Å². The molecule has 1 N–H and O–H groups in total. The largest absolute Gasteiger partial charge is 0.315 e. The first-order chi connectivity index (χ1) is 9.61. The van der Waals surface area contributed by atoms with E-state index in [2.05, 4.69) is 10.3 Å². The van der Waals surface area contributed by atoms with Crippen LogP contribution >= 0.6 is 12.4 Å². The molecule has 0 amide bonds. The lowest BCUT2D eigenvalue weighted by Crippen LogP contribution is -2.42. The van der Waals surface area contributed by atoms with Crippen molar-refractivity contribution in [3.8, 4) is 6.07 Å². The third-order valence-electron chi connectivity index (χ3n) is 3.35. The number of hydrogen-bond acceptors (Lipinski definition) is 5. The molecule has 0 saturated carbocycles. The van der Waals surface area contributed by atoms with Crippen molar-refractivity contribution in [3.05, 3.63) is 24.0 Å². The number of nitriles is 1. The van der Waals surface area contributed by atoms with Gasteiger partial charge in [-0.1, -0.05) is 6.92 Å². The molecule has 8 heteroatoms. The fourth-order valence-electron chi connectivity index (χ4n) is 2.41. The topological polar surface area (TPSA) is 86.1 Å². The molecule has 1 aromatic heterocycles. The van der Waals surface area contributed by atoms with Gasteiger partial charge in [-0.15, -0.1) is 12.4 Å². The van der Waals surface area contributed by atoms with Crippen molar-refractivity contribution in [1.29, 1.82) is 5.26 Å². The van der Waals surface area contributed by atoms with Crippen LogP contribution in [0.4, 0.5) is 0 Å². The Kier molecular flexibility index (Phi) is 6.55. The van der Waals surface area contributed by atoms with Crippen LogP contribution in [0.3, 0.4) is 0 Å². The van der Waals surface area contributed by atoms with Crippen LogP contribution in [0, 0.1) is 11.3 Å². The smallest absolute Gasteiger partial charge is 0.246 e. The number of nitrogens with one attached hydrogen (secondary N) is 1. The van der Waals surface area contributed by atoms with Crippen LogP contribution in [0.25, 0.3) is 0 Å². The standard InChI is InChI=1S/C13H18N4O2S.ClH/c1-2-8-17(11-5-7-15-10-11)20(18,19)13-4-3-6-16-12(13)9-14;/h3-4,6,11,15H,2,5,7-8,10H2,1H3;1H. The van der Waals surface area contributed by atoms with Crippen LogP contribution in [0.2, 0.25) is 0 Å². The molecule has 1 fully saturated rings. The van der Waals surface area contributed by atoms with Gasteiger partial charge in [0.1, 0.15) is 11.0 Å². The molecule has 0 spiro atoms. The average molecular weight is 331 g/mol. The highest BCUT2D eigenvalue weighted by molar-refractivity contribution is 7.89. The molecule has 116 valence electrons. The molecule has 1 unspecified atom stereocenters. The van der Waals surface area contributed by atoms with E-state index in [1.54, 1.807) is 6.07 Å². The first-order valence-corrected chi connectivity index (χ1v) is 8.13. The Labute approximate surface area is 131 Å². The number of halogens is 1. The molecule has 1 aliphatic rings. The zero-order valence-corrected chi connectivity index (χ0v) is 13.5. The van der Waals surface area contributed by atoms with E-state index in [1.807, 2.05) is 13.0 Å². The summed E-state index contributed by atoms with van der Waals surface area (Å²) in [5.41, 5.74) is -0.0421. The van der Waals surface area contributed by atoms with Gasteiger partial charge in [0, 0.05) is 25.3 Å². The summed E-state index contributed by atoms with van der Waals surface area (Å²) in [7, 11) is -3.68. The maximum absolute atomic E-state index is 12.8. The van der Waals surface area contributed by atoms with Crippen molar-refractivity contribution in [2.24, 2.45) is 0 Å². The molecule has 1 atom stereocenters. The van der Waals surface area contributed by atoms with Gasteiger partial charge in [0.2, 0.25) is 10.0 Å². The van der Waals surface area contributed by atoms with E-state index in [0.29, 0.717) is 13.1 Å². The highest BCUT2D eigenvalue weighted by atomic mass is 35.5. The van der Waals surface area contributed by atoms with Crippen LogP contribution in [-0.2, 0) is 10.0 Å². The third-order valence-corrected chi connectivity index (χ3v) is 5.33. The predicted molar refractivity (Wildman–Crippen MR) is 81.7 cm³/mol. The van der Waals surface area contributed by atoms with Crippen molar-refractivity contribution >= 4 is 22.4 Å². The van der Waals surface area contributed by atoms with Gasteiger partial charge in [-0.3, -0.25) is 0 Å². The summed E-state index contributed by atoms with van der Waals surface area (Å²) in [4.78, 5) is 3.85. The number of hydrogen-bond donors (Lipinski definition) is 1. The monoisotopic (exact) mass is 330 g/mol. The fraction of sp³-hybridized carbons (Fsp3) is 0.538. The molecule has 1 aromatic rings. The van der Waals surface area contributed by atoms with Gasteiger partial charge in [0.25, 0.3) is 0 Å². The van der Waals surface area contributed by atoms with Crippen LogP contribution < -0.4 is 5.32 Å². The van der Waals surface area contributed by atoms with Crippen LogP contribution in [0.15, 0.2) is 23.2 Å². The van der Waals surface area contributed by atoms with E-state index in [1.165, 1.54) is 16.6 Å². The van der Waals surface area contributed by atoms with Crippen LogP contribution in [-0.4, -0.2) is 43.4 Å². The lowest BCUT2D eigenvalue weighted by molar-refractivity contribution is 0.335. The fourth-order valence-corrected chi connectivity index (χ4v) is 4.25. The highest BCUT2D eigenvalue weighted by Crippen LogP contribution is 2.23. The average Bonchev–Trinajstić information content (AvgIpc) is 2.98. The molecule has 0 aromatic carbocycles. The molecule has 6 nitrogen and oxygen atoms in total. The van der Waals surface area contributed by atoms with Crippen molar-refractivity contribution in [1.82, 2.24) is 14.6 Å². The summed E-state index contributed by atoms with van der Waals surface area (Å²) in [6.07, 6.45) is 2.96. The second kappa shape index (κ2) is 7.71. The van der Waals surface area contributed by atoms with E-state index in [-0.39, 0.29) is 29.0 Å². The van der Waals surface area contributed by atoms with E-state index in [0.717, 1.165) is 19.4 Å². The predicted octanol–water partition coefficient (Wildman–Crippen LogP) is 1.14. The number of rotatable bonds is 5. The Morgan fingerprint density at radius 3 is 2.90 bits per heavy atom. The SMILES string of the molecule is CCCN(C1CCNC1)S(=O)(=O)c1cccnc1C#N.Cl. The summed E-state index contributed by atoms with van der Waals surface area (Å²) in [6, 6.07) is 4.80. The second-order valence-corrected chi connectivity index (χ2v) is 6.58. The molecular formula is C13H19ClN4O2S. The van der Waals surface area contributed by atoms with Crippen molar-refractivity contribution in [3.63, 3.8) is 0 Å². The van der Waals surface area contributed by atoms with E-state index in [4.69, 9.17) is 5.26 Å². The van der Waals surface area contributed by atoms with Gasteiger partial charge in [-0.2, -0.15) is 9.57 Å². The summed E-state index contributed by atoms with van der Waals surface area (Å²) in [5.74, 6) is 0. The van der Waals surface area contributed by atoms with E-state index < -0.39 is 10.0 Å². The molecule has 0 radical (unpaired) electrons.